The van der Waals surface area contributed by atoms with Crippen LogP contribution in [0.2, 0.25) is 0 Å². The monoisotopic (exact) mass is 292 g/mol. The molecule has 0 aliphatic rings. The highest BCUT2D eigenvalue weighted by Crippen LogP contribution is 2.27. The van der Waals surface area contributed by atoms with E-state index in [1.54, 1.807) is 5.32 Å². The van der Waals surface area contributed by atoms with Crippen LogP contribution >= 0.6 is 0 Å². The van der Waals surface area contributed by atoms with Gasteiger partial charge in [-0.2, -0.15) is 8.78 Å². The quantitative estimate of drug-likeness (QED) is 0.838. The first-order valence-corrected chi connectivity index (χ1v) is 5.50. The number of nitrogens with one attached hydrogen (secondary N) is 2. The Morgan fingerprint density at radius 3 is 2.30 bits per heavy atom. The topological polar surface area (TPSA) is 58.2 Å². The van der Waals surface area contributed by atoms with Gasteiger partial charge in [-0.25, -0.2) is 8.78 Å². The van der Waals surface area contributed by atoms with Gasteiger partial charge in [-0.15, -0.1) is 0 Å². The van der Waals surface area contributed by atoms with Crippen LogP contribution in [0.4, 0.5) is 28.9 Å². The van der Waals surface area contributed by atoms with Gasteiger partial charge in [-0.3, -0.25) is 9.59 Å². The first-order valence-electron chi connectivity index (χ1n) is 5.50. The van der Waals surface area contributed by atoms with Crippen LogP contribution in [0.1, 0.15) is 12.5 Å². The number of carbonyl (C=O) groups is 2. The summed E-state index contributed by atoms with van der Waals surface area (Å²) in [6.45, 7) is 2.73. The fourth-order valence-electron chi connectivity index (χ4n) is 1.34. The van der Waals surface area contributed by atoms with Crippen LogP contribution in [-0.4, -0.2) is 24.2 Å². The molecule has 0 saturated heterocycles. The average molecular weight is 292 g/mol. The molecule has 1 aromatic rings. The molecule has 0 bridgehead atoms. The Bertz CT molecular complexity index is 532. The van der Waals surface area contributed by atoms with Gasteiger partial charge in [-0.1, -0.05) is 6.07 Å². The van der Waals surface area contributed by atoms with Crippen LogP contribution < -0.4 is 10.6 Å². The van der Waals surface area contributed by atoms with E-state index >= 15 is 0 Å². The van der Waals surface area contributed by atoms with Gasteiger partial charge in [0.2, 0.25) is 5.91 Å². The van der Waals surface area contributed by atoms with Gasteiger partial charge in [0, 0.05) is 18.3 Å². The number of hydrogen-bond acceptors (Lipinski definition) is 2. The van der Waals surface area contributed by atoms with E-state index in [4.69, 9.17) is 0 Å². The number of halogens is 4. The standard InChI is InChI=1S/C12H12F4N2O2/c1-6-3-4-8(17-7(2)19)5-9(6)18-11(20)12(15,16)10(13)14/h3-5,10H,1-2H3,(H,17,19)(H,18,20). The highest BCUT2D eigenvalue weighted by atomic mass is 19.3. The summed E-state index contributed by atoms with van der Waals surface area (Å²) < 4.78 is 49.8. The van der Waals surface area contributed by atoms with Crippen molar-refractivity contribution in [2.45, 2.75) is 26.2 Å². The third-order valence-electron chi connectivity index (χ3n) is 2.38. The summed E-state index contributed by atoms with van der Waals surface area (Å²) >= 11 is 0. The maximum absolute atomic E-state index is 12.8. The molecule has 20 heavy (non-hydrogen) atoms. The number of rotatable bonds is 4. The number of amides is 2. The molecular formula is C12H12F4N2O2. The highest BCUT2D eigenvalue weighted by Gasteiger charge is 2.49. The van der Waals surface area contributed by atoms with Gasteiger partial charge in [-0.05, 0) is 24.6 Å². The molecule has 0 aliphatic heterocycles. The van der Waals surface area contributed by atoms with Crippen molar-refractivity contribution < 1.29 is 27.2 Å². The summed E-state index contributed by atoms with van der Waals surface area (Å²) in [6.07, 6.45) is -4.10. The second-order valence-electron chi connectivity index (χ2n) is 4.09. The molecule has 0 aromatic heterocycles. The van der Waals surface area contributed by atoms with E-state index in [2.05, 4.69) is 5.32 Å². The van der Waals surface area contributed by atoms with E-state index in [9.17, 15) is 27.2 Å². The van der Waals surface area contributed by atoms with E-state index in [1.165, 1.54) is 32.0 Å². The van der Waals surface area contributed by atoms with E-state index in [0.717, 1.165) is 0 Å². The molecule has 2 amide bonds. The van der Waals surface area contributed by atoms with Gasteiger partial charge in [0.1, 0.15) is 0 Å². The van der Waals surface area contributed by atoms with Gasteiger partial charge >= 0.3 is 18.3 Å². The Labute approximate surface area is 112 Å². The minimum Gasteiger partial charge on any atom is -0.326 e. The average Bonchev–Trinajstić information content (AvgIpc) is 2.32. The lowest BCUT2D eigenvalue weighted by Gasteiger charge is -2.16. The van der Waals surface area contributed by atoms with Crippen molar-refractivity contribution in [1.82, 2.24) is 0 Å². The van der Waals surface area contributed by atoms with Crippen LogP contribution in [0, 0.1) is 6.92 Å². The van der Waals surface area contributed by atoms with Crippen molar-refractivity contribution in [2.75, 3.05) is 10.6 Å². The number of benzene rings is 1. The second-order valence-corrected chi connectivity index (χ2v) is 4.09. The molecule has 4 nitrogen and oxygen atoms in total. The second kappa shape index (κ2) is 5.89. The third kappa shape index (κ3) is 3.69. The summed E-state index contributed by atoms with van der Waals surface area (Å²) in [5, 5.41) is 4.11. The molecule has 0 heterocycles. The molecule has 1 aromatic carbocycles. The minimum absolute atomic E-state index is 0.0819. The summed E-state index contributed by atoms with van der Waals surface area (Å²) in [7, 11) is 0. The SMILES string of the molecule is CC(=O)Nc1ccc(C)c(NC(=O)C(F)(F)C(F)F)c1. The Hall–Kier alpha value is -2.12. The molecule has 2 N–H and O–H groups in total. The molecule has 1 rings (SSSR count). The van der Waals surface area contributed by atoms with Crippen molar-refractivity contribution in [3.8, 4) is 0 Å². The molecule has 0 atom stereocenters. The maximum atomic E-state index is 12.8. The lowest BCUT2D eigenvalue weighted by atomic mass is 10.1. The van der Waals surface area contributed by atoms with E-state index < -0.39 is 24.2 Å². The number of alkyl halides is 4. The predicted octanol–water partition coefficient (Wildman–Crippen LogP) is 2.79. The summed E-state index contributed by atoms with van der Waals surface area (Å²) in [4.78, 5) is 22.0. The van der Waals surface area contributed by atoms with Gasteiger partial charge < -0.3 is 10.6 Å². The lowest BCUT2D eigenvalue weighted by Crippen LogP contribution is -2.41. The predicted molar refractivity (Wildman–Crippen MR) is 65.1 cm³/mol. The Morgan fingerprint density at radius 1 is 1.20 bits per heavy atom. The van der Waals surface area contributed by atoms with Crippen LogP contribution in [0.5, 0.6) is 0 Å². The lowest BCUT2D eigenvalue weighted by molar-refractivity contribution is -0.163. The number of anilines is 2. The fourth-order valence-corrected chi connectivity index (χ4v) is 1.34. The zero-order valence-electron chi connectivity index (χ0n) is 10.6. The van der Waals surface area contributed by atoms with Crippen molar-refractivity contribution in [2.24, 2.45) is 0 Å². The summed E-state index contributed by atoms with van der Waals surface area (Å²) in [6, 6.07) is 4.13. The third-order valence-corrected chi connectivity index (χ3v) is 2.38. The zero-order valence-corrected chi connectivity index (χ0v) is 10.6. The van der Waals surface area contributed by atoms with Crippen LogP contribution in [0.15, 0.2) is 18.2 Å². The first kappa shape index (κ1) is 15.9. The fraction of sp³-hybridized carbons (Fsp3) is 0.333. The normalized spacial score (nSPS) is 11.3. The Morgan fingerprint density at radius 2 is 1.80 bits per heavy atom. The summed E-state index contributed by atoms with van der Waals surface area (Å²) in [5.74, 6) is -7.28. The van der Waals surface area contributed by atoms with E-state index in [-0.39, 0.29) is 11.4 Å². The van der Waals surface area contributed by atoms with Gasteiger partial charge in [0.05, 0.1) is 0 Å². The number of hydrogen-bond donors (Lipinski definition) is 2. The van der Waals surface area contributed by atoms with Gasteiger partial charge in [0.25, 0.3) is 0 Å². The molecule has 0 spiro atoms. The van der Waals surface area contributed by atoms with E-state index in [0.29, 0.717) is 5.56 Å². The largest absolute Gasteiger partial charge is 0.383 e. The summed E-state index contributed by atoms with van der Waals surface area (Å²) in [5.41, 5.74) is 0.554. The molecule has 0 fully saturated rings. The van der Waals surface area contributed by atoms with Crippen molar-refractivity contribution >= 4 is 23.2 Å². The molecule has 0 unspecified atom stereocenters. The zero-order chi connectivity index (χ0) is 15.5. The maximum Gasteiger partial charge on any atom is 0.383 e. The number of aryl methyl sites for hydroxylation is 1. The Balaban J connectivity index is 2.97. The van der Waals surface area contributed by atoms with Crippen molar-refractivity contribution in [1.29, 1.82) is 0 Å². The van der Waals surface area contributed by atoms with Crippen molar-refractivity contribution in [3.63, 3.8) is 0 Å². The van der Waals surface area contributed by atoms with E-state index in [1.807, 2.05) is 0 Å². The number of carbonyl (C=O) groups excluding carboxylic acids is 2. The van der Waals surface area contributed by atoms with Crippen LogP contribution in [0.3, 0.4) is 0 Å². The van der Waals surface area contributed by atoms with Gasteiger partial charge in [0.15, 0.2) is 0 Å². The Kier molecular flexibility index (Phi) is 4.69. The van der Waals surface area contributed by atoms with Crippen LogP contribution in [0.25, 0.3) is 0 Å². The molecular weight excluding hydrogens is 280 g/mol. The molecule has 0 aliphatic carbocycles. The molecule has 0 saturated carbocycles. The first-order chi connectivity index (χ1) is 9.14. The smallest absolute Gasteiger partial charge is 0.326 e. The molecule has 8 heteroatoms. The minimum atomic E-state index is -4.78. The molecule has 0 radical (unpaired) electrons. The van der Waals surface area contributed by atoms with Crippen LogP contribution in [-0.2, 0) is 9.59 Å². The highest BCUT2D eigenvalue weighted by molar-refractivity contribution is 5.98. The van der Waals surface area contributed by atoms with Crippen molar-refractivity contribution in [3.05, 3.63) is 23.8 Å². The molecule has 110 valence electrons.